The van der Waals surface area contributed by atoms with Gasteiger partial charge in [0.1, 0.15) is 5.75 Å². The summed E-state index contributed by atoms with van der Waals surface area (Å²) >= 11 is 0. The molecule has 0 aliphatic carbocycles. The molecule has 0 unspecified atom stereocenters. The highest BCUT2D eigenvalue weighted by Gasteiger charge is 2.26. The molecule has 0 spiro atoms. The molecule has 132 valence electrons. The van der Waals surface area contributed by atoms with Crippen molar-refractivity contribution in [2.75, 3.05) is 0 Å². The maximum atomic E-state index is 11.7. The maximum Gasteiger partial charge on any atom is 0.337 e. The van der Waals surface area contributed by atoms with Crippen molar-refractivity contribution in [3.8, 4) is 5.75 Å². The van der Waals surface area contributed by atoms with Gasteiger partial charge in [-0.3, -0.25) is 4.79 Å². The molecule has 0 aromatic heterocycles. The van der Waals surface area contributed by atoms with Crippen LogP contribution in [0.1, 0.15) is 64.7 Å². The van der Waals surface area contributed by atoms with Crippen molar-refractivity contribution in [3.63, 3.8) is 0 Å². The van der Waals surface area contributed by atoms with Crippen LogP contribution in [0.15, 0.2) is 24.8 Å². The van der Waals surface area contributed by atoms with Crippen molar-refractivity contribution in [3.05, 3.63) is 41.5 Å². The predicted octanol–water partition coefficient (Wildman–Crippen LogP) is 4.18. The first-order chi connectivity index (χ1) is 10.9. The van der Waals surface area contributed by atoms with Crippen molar-refractivity contribution >= 4 is 11.9 Å². The second-order valence-corrected chi connectivity index (χ2v) is 8.04. The Labute approximate surface area is 144 Å². The minimum absolute atomic E-state index is 0.0948. The molecule has 0 aliphatic heterocycles. The number of esters is 2. The van der Waals surface area contributed by atoms with Crippen molar-refractivity contribution in [1.82, 2.24) is 0 Å². The van der Waals surface area contributed by atoms with E-state index in [1.807, 2.05) is 53.7 Å². The van der Waals surface area contributed by atoms with Crippen LogP contribution in [0.5, 0.6) is 5.75 Å². The first-order valence-corrected chi connectivity index (χ1v) is 8.10. The van der Waals surface area contributed by atoms with Crippen LogP contribution in [-0.2, 0) is 31.6 Å². The Morgan fingerprint density at radius 1 is 1.08 bits per heavy atom. The normalized spacial score (nSPS) is 11.9. The molecule has 0 saturated carbocycles. The zero-order valence-electron chi connectivity index (χ0n) is 15.5. The summed E-state index contributed by atoms with van der Waals surface area (Å²) in [6, 6.07) is 3.85. The van der Waals surface area contributed by atoms with E-state index < -0.39 is 11.9 Å². The third-order valence-electron chi connectivity index (χ3n) is 3.78. The van der Waals surface area contributed by atoms with Gasteiger partial charge < -0.3 is 9.84 Å². The monoisotopic (exact) mass is 332 g/mol. The summed E-state index contributed by atoms with van der Waals surface area (Å²) in [5.74, 6) is -1.01. The molecule has 4 heteroatoms. The third-order valence-corrected chi connectivity index (χ3v) is 3.78. The smallest absolute Gasteiger partial charge is 0.337 e. The topological polar surface area (TPSA) is 63.6 Å². The molecule has 1 aromatic carbocycles. The van der Waals surface area contributed by atoms with E-state index in [1.165, 1.54) is 0 Å². The van der Waals surface area contributed by atoms with E-state index in [0.29, 0.717) is 12.2 Å². The number of aryl methyl sites for hydroxylation is 1. The molecule has 0 amide bonds. The van der Waals surface area contributed by atoms with Gasteiger partial charge in [-0.05, 0) is 33.9 Å². The number of phenols is 1. The largest absolute Gasteiger partial charge is 0.507 e. The maximum absolute atomic E-state index is 11.7. The lowest BCUT2D eigenvalue weighted by Gasteiger charge is -2.28. The SMILES string of the molecule is C=CC(=O)OC(=O)CCc1cc(C(C)(C)C)c(O)c(C(C)(C)C)c1. The lowest BCUT2D eigenvalue weighted by molar-refractivity contribution is -0.156. The van der Waals surface area contributed by atoms with Crippen molar-refractivity contribution in [2.45, 2.75) is 65.2 Å². The molecule has 0 atom stereocenters. The fourth-order valence-corrected chi connectivity index (χ4v) is 2.43. The third kappa shape index (κ3) is 5.22. The van der Waals surface area contributed by atoms with E-state index in [2.05, 4.69) is 11.3 Å². The second kappa shape index (κ2) is 7.20. The van der Waals surface area contributed by atoms with Gasteiger partial charge in [-0.1, -0.05) is 60.3 Å². The lowest BCUT2D eigenvalue weighted by Crippen LogP contribution is -2.18. The number of hydrogen-bond acceptors (Lipinski definition) is 4. The summed E-state index contributed by atoms with van der Waals surface area (Å²) in [6.07, 6.45) is 1.50. The predicted molar refractivity (Wildman–Crippen MR) is 95.1 cm³/mol. The molecule has 0 saturated heterocycles. The first-order valence-electron chi connectivity index (χ1n) is 8.10. The van der Waals surface area contributed by atoms with Crippen LogP contribution in [0.4, 0.5) is 0 Å². The Balaban J connectivity index is 3.14. The number of phenolic OH excluding ortho intramolecular Hbond substituents is 1. The average Bonchev–Trinajstić information content (AvgIpc) is 2.43. The molecule has 0 aliphatic rings. The standard InChI is InChI=1S/C20H28O4/c1-8-16(21)24-17(22)10-9-13-11-14(19(2,3)4)18(23)15(12-13)20(5,6)7/h8,11-12,23H,1,9-10H2,2-7H3. The van der Waals surface area contributed by atoms with E-state index in [-0.39, 0.29) is 17.3 Å². The number of benzene rings is 1. The van der Waals surface area contributed by atoms with E-state index in [0.717, 1.165) is 22.8 Å². The quantitative estimate of drug-likeness (QED) is 0.510. The Bertz CT molecular complexity index is 608. The van der Waals surface area contributed by atoms with Crippen molar-refractivity contribution < 1.29 is 19.4 Å². The van der Waals surface area contributed by atoms with Crippen molar-refractivity contribution in [1.29, 1.82) is 0 Å². The molecule has 1 rings (SSSR count). The zero-order valence-corrected chi connectivity index (χ0v) is 15.5. The van der Waals surface area contributed by atoms with Gasteiger partial charge in [0, 0.05) is 6.08 Å². The highest BCUT2D eigenvalue weighted by atomic mass is 16.6. The molecular formula is C20H28O4. The molecule has 1 N–H and O–H groups in total. The molecule has 0 heterocycles. The minimum atomic E-state index is -0.739. The highest BCUT2D eigenvalue weighted by Crippen LogP contribution is 2.39. The molecule has 1 aromatic rings. The van der Waals surface area contributed by atoms with Gasteiger partial charge in [-0.2, -0.15) is 0 Å². The van der Waals surface area contributed by atoms with Gasteiger partial charge in [0.15, 0.2) is 0 Å². The summed E-state index contributed by atoms with van der Waals surface area (Å²) in [6.45, 7) is 15.5. The molecule has 24 heavy (non-hydrogen) atoms. The van der Waals surface area contributed by atoms with Gasteiger partial charge in [-0.25, -0.2) is 4.79 Å². The molecule has 0 radical (unpaired) electrons. The fraction of sp³-hybridized carbons (Fsp3) is 0.500. The van der Waals surface area contributed by atoms with Crippen LogP contribution < -0.4 is 0 Å². The molecule has 0 fully saturated rings. The van der Waals surface area contributed by atoms with Gasteiger partial charge in [0.05, 0.1) is 6.42 Å². The molecule has 0 bridgehead atoms. The van der Waals surface area contributed by atoms with E-state index in [9.17, 15) is 14.7 Å². The number of hydrogen-bond donors (Lipinski definition) is 1. The van der Waals surface area contributed by atoms with Crippen LogP contribution in [0.2, 0.25) is 0 Å². The van der Waals surface area contributed by atoms with Crippen molar-refractivity contribution in [2.24, 2.45) is 0 Å². The Morgan fingerprint density at radius 2 is 1.54 bits per heavy atom. The second-order valence-electron chi connectivity index (χ2n) is 8.04. The van der Waals surface area contributed by atoms with Crippen LogP contribution in [-0.4, -0.2) is 17.0 Å². The van der Waals surface area contributed by atoms with Crippen LogP contribution >= 0.6 is 0 Å². The number of carbonyl (C=O) groups is 2. The Hall–Kier alpha value is -2.10. The Morgan fingerprint density at radius 3 is 1.92 bits per heavy atom. The summed E-state index contributed by atoms with van der Waals surface area (Å²) in [5.41, 5.74) is 2.19. The summed E-state index contributed by atoms with van der Waals surface area (Å²) in [5, 5.41) is 10.7. The summed E-state index contributed by atoms with van der Waals surface area (Å²) in [7, 11) is 0. The minimum Gasteiger partial charge on any atom is -0.507 e. The fourth-order valence-electron chi connectivity index (χ4n) is 2.43. The van der Waals surface area contributed by atoms with Crippen LogP contribution in [0, 0.1) is 0 Å². The number of rotatable bonds is 4. The molecule has 4 nitrogen and oxygen atoms in total. The summed E-state index contributed by atoms with van der Waals surface area (Å²) < 4.78 is 4.59. The number of aromatic hydroxyl groups is 1. The molecular weight excluding hydrogens is 304 g/mol. The van der Waals surface area contributed by atoms with Gasteiger partial charge in [0.25, 0.3) is 0 Å². The van der Waals surface area contributed by atoms with Gasteiger partial charge >= 0.3 is 11.9 Å². The first kappa shape index (κ1) is 19.9. The van der Waals surface area contributed by atoms with Crippen LogP contribution in [0.3, 0.4) is 0 Å². The summed E-state index contributed by atoms with van der Waals surface area (Å²) in [4.78, 5) is 22.7. The van der Waals surface area contributed by atoms with E-state index >= 15 is 0 Å². The highest BCUT2D eigenvalue weighted by molar-refractivity contribution is 5.91. The van der Waals surface area contributed by atoms with E-state index in [1.54, 1.807) is 0 Å². The lowest BCUT2D eigenvalue weighted by atomic mass is 9.78. The zero-order chi connectivity index (χ0) is 18.7. The van der Waals surface area contributed by atoms with Gasteiger partial charge in [0.2, 0.25) is 0 Å². The number of ether oxygens (including phenoxy) is 1. The average molecular weight is 332 g/mol. The van der Waals surface area contributed by atoms with Crippen LogP contribution in [0.25, 0.3) is 0 Å². The van der Waals surface area contributed by atoms with Gasteiger partial charge in [-0.15, -0.1) is 0 Å². The number of carbonyl (C=O) groups excluding carboxylic acids is 2. The van der Waals surface area contributed by atoms with E-state index in [4.69, 9.17) is 0 Å². The Kier molecular flexibility index (Phi) is 5.99.